The molecule has 3 rings (SSSR count). The lowest BCUT2D eigenvalue weighted by Crippen LogP contribution is -2.34. The summed E-state index contributed by atoms with van der Waals surface area (Å²) in [5.74, 6) is 4.72. The number of hydrogen-bond donors (Lipinski definition) is 3. The fourth-order valence-electron chi connectivity index (χ4n) is 3.39. The van der Waals surface area contributed by atoms with E-state index in [-0.39, 0.29) is 23.3 Å². The zero-order valence-electron chi connectivity index (χ0n) is 16.9. The summed E-state index contributed by atoms with van der Waals surface area (Å²) in [5, 5.41) is 0. The molecule has 1 aromatic carbocycles. The van der Waals surface area contributed by atoms with E-state index in [0.717, 1.165) is 0 Å². The highest BCUT2D eigenvalue weighted by atomic mass is 19.4. The van der Waals surface area contributed by atoms with Crippen LogP contribution in [0.4, 0.5) is 17.6 Å². The van der Waals surface area contributed by atoms with E-state index in [9.17, 15) is 17.6 Å². The van der Waals surface area contributed by atoms with Crippen molar-refractivity contribution in [3.8, 4) is 11.4 Å². The van der Waals surface area contributed by atoms with Crippen LogP contribution < -0.4 is 17.0 Å². The molecule has 6 nitrogen and oxygen atoms in total. The molecule has 0 radical (unpaired) electrons. The van der Waals surface area contributed by atoms with Gasteiger partial charge in [-0.25, -0.2) is 9.37 Å². The molecule has 0 saturated heterocycles. The van der Waals surface area contributed by atoms with Crippen LogP contribution in [-0.2, 0) is 0 Å². The highest BCUT2D eigenvalue weighted by molar-refractivity contribution is 5.69. The van der Waals surface area contributed by atoms with Crippen LogP contribution in [0.3, 0.4) is 0 Å². The van der Waals surface area contributed by atoms with Crippen LogP contribution in [0, 0.1) is 11.7 Å². The number of rotatable bonds is 6. The molecule has 0 aliphatic carbocycles. The number of nitrogens with zero attached hydrogens (tertiary/aromatic N) is 3. The third-order valence-electron chi connectivity index (χ3n) is 4.81. The van der Waals surface area contributed by atoms with E-state index < -0.39 is 17.6 Å². The van der Waals surface area contributed by atoms with Gasteiger partial charge in [-0.2, -0.15) is 13.2 Å². The van der Waals surface area contributed by atoms with E-state index in [0.29, 0.717) is 17.0 Å². The minimum Gasteiger partial charge on any atom is -0.397 e. The van der Waals surface area contributed by atoms with Gasteiger partial charge in [0.1, 0.15) is 11.5 Å². The van der Waals surface area contributed by atoms with E-state index in [2.05, 4.69) is 9.97 Å². The molecule has 31 heavy (non-hydrogen) atoms. The lowest BCUT2D eigenvalue weighted by atomic mass is 9.95. The highest BCUT2D eigenvalue weighted by Gasteiger charge is 2.36. The van der Waals surface area contributed by atoms with Crippen molar-refractivity contribution in [2.45, 2.75) is 26.1 Å². The van der Waals surface area contributed by atoms with Crippen LogP contribution in [0.15, 0.2) is 60.8 Å². The molecule has 164 valence electrons. The molecule has 0 aliphatic heterocycles. The van der Waals surface area contributed by atoms with Crippen molar-refractivity contribution in [1.82, 2.24) is 20.0 Å². The van der Waals surface area contributed by atoms with Crippen molar-refractivity contribution < 1.29 is 17.6 Å². The van der Waals surface area contributed by atoms with Crippen LogP contribution in [0.5, 0.6) is 0 Å². The van der Waals surface area contributed by atoms with Gasteiger partial charge in [0, 0.05) is 23.5 Å². The predicted molar refractivity (Wildman–Crippen MR) is 109 cm³/mol. The van der Waals surface area contributed by atoms with Crippen molar-refractivity contribution in [1.29, 1.82) is 0 Å². The molecule has 1 atom stereocenters. The Morgan fingerprint density at radius 3 is 2.42 bits per heavy atom. The monoisotopic (exact) mass is 434 g/mol. The van der Waals surface area contributed by atoms with Crippen LogP contribution in [0.1, 0.15) is 31.0 Å². The van der Waals surface area contributed by atoms with Gasteiger partial charge >= 0.3 is 6.18 Å². The summed E-state index contributed by atoms with van der Waals surface area (Å²) in [4.78, 5) is 8.50. The number of allylic oxidation sites excluding steroid dienone is 1. The molecule has 3 aromatic rings. The Hall–Kier alpha value is -3.40. The highest BCUT2D eigenvalue weighted by Crippen LogP contribution is 2.31. The maximum absolute atomic E-state index is 14.4. The van der Waals surface area contributed by atoms with Gasteiger partial charge in [-0.3, -0.25) is 10.8 Å². The Balaban J connectivity index is 2.01. The maximum atomic E-state index is 14.4. The zero-order valence-corrected chi connectivity index (χ0v) is 16.9. The van der Waals surface area contributed by atoms with Crippen LogP contribution in [0.2, 0.25) is 0 Å². The molecule has 2 heterocycles. The fourth-order valence-corrected chi connectivity index (χ4v) is 3.39. The third-order valence-corrected chi connectivity index (χ3v) is 4.81. The Morgan fingerprint density at radius 2 is 1.81 bits per heavy atom. The van der Waals surface area contributed by atoms with Gasteiger partial charge in [-0.1, -0.05) is 32.0 Å². The first kappa shape index (κ1) is 22.3. The third kappa shape index (κ3) is 4.69. The number of halogens is 4. The maximum Gasteiger partial charge on any atom is 0.434 e. The number of aromatic nitrogens is 3. The topological polar surface area (TPSA) is 94.8 Å². The molecule has 0 amide bonds. The first-order chi connectivity index (χ1) is 14.6. The fraction of sp³-hybridized carbons (Fsp3) is 0.238. The quantitative estimate of drug-likeness (QED) is 0.310. The smallest absolute Gasteiger partial charge is 0.397 e. The average molecular weight is 434 g/mol. The lowest BCUT2D eigenvalue weighted by Gasteiger charge is -2.23. The summed E-state index contributed by atoms with van der Waals surface area (Å²) in [5.41, 5.74) is 6.80. The number of imidazole rings is 1. The average Bonchev–Trinajstić information content (AvgIpc) is 3.18. The minimum absolute atomic E-state index is 0.0433. The summed E-state index contributed by atoms with van der Waals surface area (Å²) in [7, 11) is 0. The minimum atomic E-state index is -4.74. The van der Waals surface area contributed by atoms with E-state index in [1.807, 2.05) is 13.8 Å². The molecule has 0 aliphatic rings. The molecule has 0 saturated carbocycles. The lowest BCUT2D eigenvalue weighted by molar-refractivity contribution is -0.0961. The largest absolute Gasteiger partial charge is 0.434 e. The molecule has 5 N–H and O–H groups in total. The normalized spacial score (nSPS) is 13.8. The van der Waals surface area contributed by atoms with Crippen molar-refractivity contribution in [3.63, 3.8) is 0 Å². The van der Waals surface area contributed by atoms with E-state index in [4.69, 9.17) is 11.6 Å². The standard InChI is InChI=1S/C21H22F4N6/c1-12(2)19(14-5-3-4-6-15(14)22)31-10-17(29-11-31)16-9-13(7-8-28-16)18(26)20(30-27)21(23,24)25/h3-12,19,30H,26-27H2,1-2H3/b20-18-. The van der Waals surface area contributed by atoms with E-state index in [1.165, 1.54) is 24.4 Å². The number of benzene rings is 1. The molecule has 1 unspecified atom stereocenters. The second-order valence-electron chi connectivity index (χ2n) is 7.28. The second-order valence-corrected chi connectivity index (χ2v) is 7.28. The Kier molecular flexibility index (Phi) is 6.30. The van der Waals surface area contributed by atoms with Crippen molar-refractivity contribution >= 4 is 5.70 Å². The molecule has 0 fully saturated rings. The summed E-state index contributed by atoms with van der Waals surface area (Å²) >= 11 is 0. The zero-order chi connectivity index (χ0) is 22.8. The molecular weight excluding hydrogens is 412 g/mol. The van der Waals surface area contributed by atoms with Crippen molar-refractivity contribution in [2.75, 3.05) is 0 Å². The number of pyridine rings is 1. The summed E-state index contributed by atoms with van der Waals surface area (Å²) in [6.07, 6.45) is -0.191. The summed E-state index contributed by atoms with van der Waals surface area (Å²) in [6.45, 7) is 3.92. The number of nitrogens with one attached hydrogen (secondary N) is 1. The van der Waals surface area contributed by atoms with Gasteiger partial charge in [0.25, 0.3) is 0 Å². The van der Waals surface area contributed by atoms with Gasteiger partial charge in [0.2, 0.25) is 0 Å². The van der Waals surface area contributed by atoms with Gasteiger partial charge in [-0.05, 0) is 24.1 Å². The Morgan fingerprint density at radius 1 is 1.10 bits per heavy atom. The first-order valence-corrected chi connectivity index (χ1v) is 9.41. The van der Waals surface area contributed by atoms with Crippen LogP contribution >= 0.6 is 0 Å². The van der Waals surface area contributed by atoms with Gasteiger partial charge in [0.05, 0.1) is 23.8 Å². The van der Waals surface area contributed by atoms with Crippen LogP contribution in [0.25, 0.3) is 17.1 Å². The van der Waals surface area contributed by atoms with Crippen molar-refractivity contribution in [3.05, 3.63) is 77.8 Å². The SMILES string of the molecule is CC(C)C(c1ccccc1F)n1cnc(-c2cc(/C(N)=C(/NN)C(F)(F)F)ccn2)c1. The Bertz CT molecular complexity index is 1090. The number of nitrogens with two attached hydrogens (primary N) is 2. The molecule has 10 heteroatoms. The summed E-state index contributed by atoms with van der Waals surface area (Å²) in [6, 6.07) is 8.89. The van der Waals surface area contributed by atoms with Crippen molar-refractivity contribution in [2.24, 2.45) is 17.5 Å². The predicted octanol–water partition coefficient (Wildman–Crippen LogP) is 3.98. The van der Waals surface area contributed by atoms with E-state index in [1.54, 1.807) is 40.7 Å². The Labute approximate surface area is 176 Å². The summed E-state index contributed by atoms with van der Waals surface area (Å²) < 4.78 is 55.4. The number of hydrazine groups is 1. The van der Waals surface area contributed by atoms with Gasteiger partial charge < -0.3 is 15.7 Å². The number of alkyl halides is 3. The molecule has 0 bridgehead atoms. The first-order valence-electron chi connectivity index (χ1n) is 9.41. The molecular formula is C21H22F4N6. The number of hydrogen-bond acceptors (Lipinski definition) is 5. The molecule has 2 aromatic heterocycles. The molecule has 0 spiro atoms. The van der Waals surface area contributed by atoms with Gasteiger partial charge in [0.15, 0.2) is 5.70 Å². The van der Waals surface area contributed by atoms with E-state index >= 15 is 0 Å². The van der Waals surface area contributed by atoms with Gasteiger partial charge in [-0.15, -0.1) is 0 Å². The van der Waals surface area contributed by atoms with Crippen LogP contribution in [-0.4, -0.2) is 20.7 Å². The second kappa shape index (κ2) is 8.76.